The minimum atomic E-state index is 0.140. The van der Waals surface area contributed by atoms with Gasteiger partial charge in [0.25, 0.3) is 0 Å². The van der Waals surface area contributed by atoms with Gasteiger partial charge < -0.3 is 5.32 Å². The monoisotopic (exact) mass is 413 g/mol. The number of anilines is 1. The molecule has 1 aromatic rings. The van der Waals surface area contributed by atoms with E-state index in [2.05, 4.69) is 47.1 Å². The lowest BCUT2D eigenvalue weighted by molar-refractivity contribution is -0.132. The maximum atomic E-state index is 12.7. The van der Waals surface area contributed by atoms with E-state index in [1.807, 2.05) is 0 Å². The lowest BCUT2D eigenvalue weighted by atomic mass is 9.51. The first-order valence-electron chi connectivity index (χ1n) is 7.59. The van der Waals surface area contributed by atoms with Crippen LogP contribution in [-0.4, -0.2) is 15.9 Å². The summed E-state index contributed by atoms with van der Waals surface area (Å²) >= 11 is 6.63. The minimum absolute atomic E-state index is 0.140. The Balaban J connectivity index is 1.52. The largest absolute Gasteiger partial charge is 0.308 e. The van der Waals surface area contributed by atoms with Gasteiger partial charge in [-0.2, -0.15) is 0 Å². The lowest BCUT2D eigenvalue weighted by Gasteiger charge is -2.53. The molecule has 4 fully saturated rings. The van der Waals surface area contributed by atoms with Gasteiger partial charge in [-0.3, -0.25) is 4.79 Å². The van der Waals surface area contributed by atoms with Gasteiger partial charge in [0.2, 0.25) is 5.91 Å². The van der Waals surface area contributed by atoms with E-state index in [0.717, 1.165) is 11.8 Å². The molecule has 0 unspecified atom stereocenters. The summed E-state index contributed by atoms with van der Waals surface area (Å²) in [6.07, 6.45) is 8.01. The van der Waals surface area contributed by atoms with Crippen molar-refractivity contribution in [3.63, 3.8) is 0 Å². The van der Waals surface area contributed by atoms with E-state index >= 15 is 0 Å². The van der Waals surface area contributed by atoms with Gasteiger partial charge in [-0.15, -0.1) is 0 Å². The molecule has 112 valence electrons. The first-order valence-corrected chi connectivity index (χ1v) is 9.17. The van der Waals surface area contributed by atoms with Crippen molar-refractivity contribution in [1.82, 2.24) is 9.97 Å². The smallest absolute Gasteiger partial charge is 0.229 e. The highest BCUT2D eigenvalue weighted by molar-refractivity contribution is 9.11. The number of hydrogen-bond donors (Lipinski definition) is 1. The summed E-state index contributed by atoms with van der Waals surface area (Å²) in [5.41, 5.74) is 0. The molecular formula is C15H17Br2N3O. The Bertz CT molecular complexity index is 564. The maximum absolute atomic E-state index is 12.7. The molecule has 0 saturated heterocycles. The third-order valence-electron chi connectivity index (χ3n) is 5.47. The lowest BCUT2D eigenvalue weighted by Crippen LogP contribution is -2.49. The Morgan fingerprint density at radius 1 is 1.10 bits per heavy atom. The minimum Gasteiger partial charge on any atom is -0.308 e. The summed E-state index contributed by atoms with van der Waals surface area (Å²) in [5, 5.41) is 2.99. The molecule has 0 radical (unpaired) electrons. The molecule has 21 heavy (non-hydrogen) atoms. The third kappa shape index (κ3) is 2.54. The molecule has 1 heterocycles. The highest BCUT2D eigenvalue weighted by atomic mass is 79.9. The van der Waals surface area contributed by atoms with Crippen LogP contribution in [0.25, 0.3) is 0 Å². The van der Waals surface area contributed by atoms with E-state index in [9.17, 15) is 4.79 Å². The Morgan fingerprint density at radius 3 is 2.29 bits per heavy atom. The molecule has 4 nitrogen and oxygen atoms in total. The van der Waals surface area contributed by atoms with Crippen LogP contribution in [0.3, 0.4) is 0 Å². The fourth-order valence-corrected chi connectivity index (χ4v) is 5.89. The number of carbonyl (C=O) groups excluding carboxylic acids is 1. The van der Waals surface area contributed by atoms with Crippen LogP contribution in [-0.2, 0) is 4.79 Å². The summed E-state index contributed by atoms with van der Waals surface area (Å²) in [6, 6.07) is 0. The molecule has 6 heteroatoms. The van der Waals surface area contributed by atoms with Crippen molar-refractivity contribution in [3.05, 3.63) is 15.4 Å². The molecule has 4 saturated carbocycles. The van der Waals surface area contributed by atoms with Crippen LogP contribution in [0.5, 0.6) is 0 Å². The summed E-state index contributed by atoms with van der Waals surface area (Å²) < 4.78 is 1.23. The Morgan fingerprint density at radius 2 is 1.71 bits per heavy atom. The predicted molar refractivity (Wildman–Crippen MR) is 86.6 cm³/mol. The topological polar surface area (TPSA) is 54.9 Å². The number of hydrogen-bond acceptors (Lipinski definition) is 3. The van der Waals surface area contributed by atoms with Crippen molar-refractivity contribution in [1.29, 1.82) is 0 Å². The standard InChI is InChI=1S/C15H17Br2N3O/c16-11-6-18-14(13(17)19-11)20-15(21)12-9-2-7-1-8(4-9)5-10(12)3-7/h6-10,12H,1-5H2,(H,18,20,21). The second kappa shape index (κ2) is 5.30. The number of rotatable bonds is 2. The highest BCUT2D eigenvalue weighted by Crippen LogP contribution is 2.56. The number of nitrogens with zero attached hydrogens (tertiary/aromatic N) is 2. The van der Waals surface area contributed by atoms with Gasteiger partial charge in [-0.05, 0) is 87.6 Å². The highest BCUT2D eigenvalue weighted by Gasteiger charge is 2.50. The first-order chi connectivity index (χ1) is 10.1. The average Bonchev–Trinajstić information content (AvgIpc) is 2.40. The molecule has 1 amide bonds. The number of carbonyl (C=O) groups is 1. The quantitative estimate of drug-likeness (QED) is 0.795. The fraction of sp³-hybridized carbons (Fsp3) is 0.667. The molecule has 4 bridgehead atoms. The molecule has 0 aromatic carbocycles. The average molecular weight is 415 g/mol. The summed E-state index contributed by atoms with van der Waals surface area (Å²) in [6.45, 7) is 0. The Hall–Kier alpha value is -0.490. The molecule has 0 aliphatic heterocycles. The Kier molecular flexibility index (Phi) is 3.57. The van der Waals surface area contributed by atoms with Crippen LogP contribution in [0.15, 0.2) is 15.4 Å². The molecule has 1 N–H and O–H groups in total. The van der Waals surface area contributed by atoms with Gasteiger partial charge >= 0.3 is 0 Å². The fourth-order valence-electron chi connectivity index (χ4n) is 4.98. The van der Waals surface area contributed by atoms with Crippen molar-refractivity contribution in [2.24, 2.45) is 29.6 Å². The summed E-state index contributed by atoms with van der Waals surface area (Å²) in [4.78, 5) is 21.2. The van der Waals surface area contributed by atoms with E-state index in [1.165, 1.54) is 32.1 Å². The number of aromatic nitrogens is 2. The van der Waals surface area contributed by atoms with Gasteiger partial charge in [0.15, 0.2) is 5.82 Å². The van der Waals surface area contributed by atoms with Gasteiger partial charge in [-0.25, -0.2) is 9.97 Å². The van der Waals surface area contributed by atoms with Crippen molar-refractivity contribution >= 4 is 43.6 Å². The molecule has 4 aliphatic rings. The van der Waals surface area contributed by atoms with Crippen LogP contribution in [0, 0.1) is 29.6 Å². The second-order valence-electron chi connectivity index (χ2n) is 6.78. The van der Waals surface area contributed by atoms with Gasteiger partial charge in [0.05, 0.1) is 6.20 Å². The van der Waals surface area contributed by atoms with E-state index in [4.69, 9.17) is 0 Å². The van der Waals surface area contributed by atoms with Crippen molar-refractivity contribution in [3.8, 4) is 0 Å². The maximum Gasteiger partial charge on any atom is 0.229 e. The van der Waals surface area contributed by atoms with Gasteiger partial charge in [0, 0.05) is 5.92 Å². The zero-order chi connectivity index (χ0) is 14.6. The van der Waals surface area contributed by atoms with Crippen LogP contribution >= 0.6 is 31.9 Å². The molecular weight excluding hydrogens is 398 g/mol. The SMILES string of the molecule is O=C(Nc1ncc(Br)nc1Br)C1C2CC3CC(C2)CC1C3. The molecule has 4 aliphatic carbocycles. The van der Waals surface area contributed by atoms with Crippen molar-refractivity contribution < 1.29 is 4.79 Å². The summed E-state index contributed by atoms with van der Waals surface area (Å²) in [5.74, 6) is 3.78. The molecule has 1 aromatic heterocycles. The van der Waals surface area contributed by atoms with Gasteiger partial charge in [0.1, 0.15) is 9.21 Å². The normalized spacial score (nSPS) is 36.8. The molecule has 5 rings (SSSR count). The number of amides is 1. The van der Waals surface area contributed by atoms with Crippen molar-refractivity contribution in [2.75, 3.05) is 5.32 Å². The van der Waals surface area contributed by atoms with E-state index in [0.29, 0.717) is 26.9 Å². The van der Waals surface area contributed by atoms with E-state index in [-0.39, 0.29) is 11.8 Å². The van der Waals surface area contributed by atoms with Gasteiger partial charge in [-0.1, -0.05) is 0 Å². The van der Waals surface area contributed by atoms with E-state index < -0.39 is 0 Å². The zero-order valence-electron chi connectivity index (χ0n) is 11.6. The second-order valence-corrected chi connectivity index (χ2v) is 8.34. The predicted octanol–water partition coefficient (Wildman–Crippen LogP) is 4.01. The van der Waals surface area contributed by atoms with Crippen LogP contribution in [0.1, 0.15) is 32.1 Å². The third-order valence-corrected chi connectivity index (χ3v) is 6.41. The van der Waals surface area contributed by atoms with Crippen molar-refractivity contribution in [2.45, 2.75) is 32.1 Å². The number of halogens is 2. The molecule has 0 spiro atoms. The first kappa shape index (κ1) is 14.1. The van der Waals surface area contributed by atoms with Crippen LogP contribution < -0.4 is 5.32 Å². The Labute approximate surface area is 140 Å². The number of nitrogens with one attached hydrogen (secondary N) is 1. The van der Waals surface area contributed by atoms with Crippen LogP contribution in [0.2, 0.25) is 0 Å². The molecule has 0 atom stereocenters. The summed E-state index contributed by atoms with van der Waals surface area (Å²) in [7, 11) is 0. The zero-order valence-corrected chi connectivity index (χ0v) is 14.7. The van der Waals surface area contributed by atoms with Crippen LogP contribution in [0.4, 0.5) is 5.82 Å². The van der Waals surface area contributed by atoms with E-state index in [1.54, 1.807) is 6.20 Å².